The number of unbranched alkanes of at least 4 members (excludes halogenated alkanes) is 47. The standard InChI is InChI=1S/C80H156O17P2/c1-7-11-13-15-16-17-18-19-30-36-41-46-52-58-64-79(84)96-75(68-90-77(82)62-56-48-14-12-8-2)70-94-98(86,87)92-66-74(81)67-93-99(88,89)95-71-76(69-91-78(83)63-57-51-45-40-35-31-27-26-29-34-39-44-50-55-61-73(6)10-4)97-80(85)65-59-53-47-42-37-32-25-23-21-20-22-24-28-33-38-43-49-54-60-72(5)9-3/h72-76,81H,7-71H2,1-6H3,(H,86,87)(H,88,89)/t72?,73?,74-,75+,76+/m0/s1. The number of ether oxygens (including phenoxy) is 4. The third-order valence-electron chi connectivity index (χ3n) is 19.4. The van der Waals surface area contributed by atoms with E-state index in [0.717, 1.165) is 108 Å². The molecule has 0 aromatic heterocycles. The van der Waals surface area contributed by atoms with Gasteiger partial charge in [-0.05, 0) is 37.5 Å². The van der Waals surface area contributed by atoms with Crippen LogP contribution >= 0.6 is 15.6 Å². The molecule has 0 amide bonds. The van der Waals surface area contributed by atoms with Gasteiger partial charge in [0.2, 0.25) is 0 Å². The Morgan fingerprint density at radius 2 is 0.485 bits per heavy atom. The number of phosphoric ester groups is 2. The van der Waals surface area contributed by atoms with E-state index in [-0.39, 0.29) is 25.7 Å². The minimum Gasteiger partial charge on any atom is -0.462 e. The van der Waals surface area contributed by atoms with Gasteiger partial charge in [-0.1, -0.05) is 369 Å². The quantitative estimate of drug-likeness (QED) is 0.0222. The SMILES string of the molecule is CCCCCCCCCCCCCCCCC(=O)O[C@H](COC(=O)CCCCCCC)COP(=O)(O)OC[C@H](O)COP(=O)(O)OC[C@@H](COC(=O)CCCCCCCCCCCCCCCCC(C)CC)OC(=O)CCCCCCCCCCCCCCCCCCCCC(C)CC. The summed E-state index contributed by atoms with van der Waals surface area (Å²) in [7, 11) is -9.91. The lowest BCUT2D eigenvalue weighted by Crippen LogP contribution is -2.30. The molecule has 0 fully saturated rings. The van der Waals surface area contributed by atoms with E-state index in [9.17, 15) is 43.2 Å². The maximum atomic E-state index is 13.1. The van der Waals surface area contributed by atoms with Crippen molar-refractivity contribution in [1.82, 2.24) is 0 Å². The highest BCUT2D eigenvalue weighted by atomic mass is 31.2. The molecule has 0 saturated carbocycles. The predicted molar refractivity (Wildman–Crippen MR) is 405 cm³/mol. The van der Waals surface area contributed by atoms with Crippen LogP contribution in [0.1, 0.15) is 420 Å². The zero-order valence-electron chi connectivity index (χ0n) is 64.8. The number of carbonyl (C=O) groups excluding carboxylic acids is 4. The highest BCUT2D eigenvalue weighted by Gasteiger charge is 2.30. The van der Waals surface area contributed by atoms with Gasteiger partial charge in [0.1, 0.15) is 19.3 Å². The first-order valence-electron chi connectivity index (χ1n) is 41.6. The second-order valence-corrected chi connectivity index (χ2v) is 32.2. The average molecular weight is 1450 g/mol. The molecule has 0 heterocycles. The van der Waals surface area contributed by atoms with Gasteiger partial charge in [-0.3, -0.25) is 37.3 Å². The summed E-state index contributed by atoms with van der Waals surface area (Å²) in [5.41, 5.74) is 0. The molecule has 0 radical (unpaired) electrons. The largest absolute Gasteiger partial charge is 0.472 e. The molecule has 0 aliphatic rings. The van der Waals surface area contributed by atoms with Crippen molar-refractivity contribution in [2.45, 2.75) is 439 Å². The van der Waals surface area contributed by atoms with Crippen LogP contribution in [0.25, 0.3) is 0 Å². The maximum absolute atomic E-state index is 13.1. The van der Waals surface area contributed by atoms with Crippen molar-refractivity contribution in [3.05, 3.63) is 0 Å². The summed E-state index contributed by atoms with van der Waals surface area (Å²) in [5.74, 6) is -0.400. The monoisotopic (exact) mass is 1450 g/mol. The molecule has 3 N–H and O–H groups in total. The number of hydrogen-bond donors (Lipinski definition) is 3. The Morgan fingerprint density at radius 3 is 0.717 bits per heavy atom. The topological polar surface area (TPSA) is 237 Å². The van der Waals surface area contributed by atoms with Crippen molar-refractivity contribution in [3.63, 3.8) is 0 Å². The van der Waals surface area contributed by atoms with E-state index in [1.54, 1.807) is 0 Å². The molecule has 4 unspecified atom stereocenters. The van der Waals surface area contributed by atoms with Gasteiger partial charge in [-0.15, -0.1) is 0 Å². The molecule has 0 bridgehead atoms. The summed E-state index contributed by atoms with van der Waals surface area (Å²) in [6.07, 6.45) is 61.4. The van der Waals surface area contributed by atoms with Gasteiger partial charge in [0.05, 0.1) is 26.4 Å². The predicted octanol–water partition coefficient (Wildman–Crippen LogP) is 23.9. The third kappa shape index (κ3) is 71.5. The lowest BCUT2D eigenvalue weighted by molar-refractivity contribution is -0.161. The van der Waals surface area contributed by atoms with Crippen LogP contribution in [0.15, 0.2) is 0 Å². The molecule has 17 nitrogen and oxygen atoms in total. The molecule has 0 aromatic carbocycles. The Bertz CT molecular complexity index is 1910. The van der Waals surface area contributed by atoms with Crippen LogP contribution in [0, 0.1) is 11.8 Å². The lowest BCUT2D eigenvalue weighted by Gasteiger charge is -2.21. The molecule has 99 heavy (non-hydrogen) atoms. The summed E-state index contributed by atoms with van der Waals surface area (Å²) in [6, 6.07) is 0. The van der Waals surface area contributed by atoms with E-state index in [0.29, 0.717) is 25.7 Å². The zero-order chi connectivity index (χ0) is 72.8. The Kier molecular flexibility index (Phi) is 70.3. The smallest absolute Gasteiger partial charge is 0.462 e. The molecule has 0 aliphatic carbocycles. The highest BCUT2D eigenvalue weighted by Crippen LogP contribution is 2.45. The van der Waals surface area contributed by atoms with Crippen LogP contribution in [0.4, 0.5) is 0 Å². The lowest BCUT2D eigenvalue weighted by atomic mass is 9.99. The van der Waals surface area contributed by atoms with E-state index in [1.807, 2.05) is 0 Å². The number of phosphoric acid groups is 2. The van der Waals surface area contributed by atoms with Crippen LogP contribution in [-0.4, -0.2) is 96.7 Å². The Hall–Kier alpha value is -1.94. The third-order valence-corrected chi connectivity index (χ3v) is 21.3. The van der Waals surface area contributed by atoms with Crippen molar-refractivity contribution >= 4 is 39.5 Å². The van der Waals surface area contributed by atoms with Gasteiger partial charge in [0.15, 0.2) is 12.2 Å². The van der Waals surface area contributed by atoms with Gasteiger partial charge in [0.25, 0.3) is 0 Å². The summed E-state index contributed by atoms with van der Waals surface area (Å²) in [4.78, 5) is 72.7. The van der Waals surface area contributed by atoms with Crippen molar-refractivity contribution < 1.29 is 80.2 Å². The first-order chi connectivity index (χ1) is 47.9. The highest BCUT2D eigenvalue weighted by molar-refractivity contribution is 7.47. The number of aliphatic hydroxyl groups is 1. The van der Waals surface area contributed by atoms with Crippen molar-refractivity contribution in [2.75, 3.05) is 39.6 Å². The zero-order valence-corrected chi connectivity index (χ0v) is 66.6. The van der Waals surface area contributed by atoms with Crippen molar-refractivity contribution in [2.24, 2.45) is 11.8 Å². The Labute approximate surface area is 607 Å². The second kappa shape index (κ2) is 71.7. The van der Waals surface area contributed by atoms with Crippen molar-refractivity contribution in [3.8, 4) is 0 Å². The fourth-order valence-electron chi connectivity index (χ4n) is 12.3. The van der Waals surface area contributed by atoms with Crippen molar-refractivity contribution in [1.29, 1.82) is 0 Å². The molecule has 0 spiro atoms. The van der Waals surface area contributed by atoms with E-state index >= 15 is 0 Å². The first-order valence-corrected chi connectivity index (χ1v) is 44.6. The molecule has 0 aliphatic heterocycles. The number of rotatable bonds is 79. The van der Waals surface area contributed by atoms with Crippen LogP contribution in [0.2, 0.25) is 0 Å². The van der Waals surface area contributed by atoms with Gasteiger partial charge >= 0.3 is 39.5 Å². The van der Waals surface area contributed by atoms with E-state index < -0.39 is 97.5 Å². The maximum Gasteiger partial charge on any atom is 0.472 e. The minimum absolute atomic E-state index is 0.107. The normalized spacial score (nSPS) is 14.5. The number of esters is 4. The van der Waals surface area contributed by atoms with Crippen LogP contribution in [-0.2, 0) is 65.4 Å². The second-order valence-electron chi connectivity index (χ2n) is 29.3. The molecule has 7 atom stereocenters. The molecular weight excluding hydrogens is 1290 g/mol. The molecule has 0 saturated heterocycles. The number of hydrogen-bond acceptors (Lipinski definition) is 15. The Balaban J connectivity index is 5.12. The molecule has 588 valence electrons. The summed E-state index contributed by atoms with van der Waals surface area (Å²) < 4.78 is 68.4. The summed E-state index contributed by atoms with van der Waals surface area (Å²) >= 11 is 0. The van der Waals surface area contributed by atoms with Gasteiger partial charge in [0, 0.05) is 25.7 Å². The fourth-order valence-corrected chi connectivity index (χ4v) is 13.9. The van der Waals surface area contributed by atoms with Crippen LogP contribution in [0.5, 0.6) is 0 Å². The van der Waals surface area contributed by atoms with Crippen LogP contribution in [0.3, 0.4) is 0 Å². The first kappa shape index (κ1) is 97.1. The Morgan fingerprint density at radius 1 is 0.283 bits per heavy atom. The summed E-state index contributed by atoms with van der Waals surface area (Å²) in [5, 5.41) is 10.6. The van der Waals surface area contributed by atoms with Gasteiger partial charge < -0.3 is 33.8 Å². The van der Waals surface area contributed by atoms with Crippen LogP contribution < -0.4 is 0 Å². The summed E-state index contributed by atoms with van der Waals surface area (Å²) in [6.45, 7) is 9.66. The fraction of sp³-hybridized carbons (Fsp3) is 0.950. The van der Waals surface area contributed by atoms with Gasteiger partial charge in [-0.2, -0.15) is 0 Å². The number of aliphatic hydroxyl groups excluding tert-OH is 1. The average Bonchev–Trinajstić information content (AvgIpc) is 0.974. The molecule has 0 rings (SSSR count). The van der Waals surface area contributed by atoms with E-state index in [2.05, 4.69) is 41.5 Å². The minimum atomic E-state index is -4.96. The molecular formula is C80H156O17P2. The van der Waals surface area contributed by atoms with Gasteiger partial charge in [-0.25, -0.2) is 9.13 Å². The van der Waals surface area contributed by atoms with E-state index in [1.165, 1.54) is 231 Å². The number of carbonyl (C=O) groups is 4. The molecule has 19 heteroatoms. The van der Waals surface area contributed by atoms with E-state index in [4.69, 9.17) is 37.0 Å². The molecule has 0 aromatic rings.